The molecule has 1 unspecified atom stereocenters. The topological polar surface area (TPSA) is 81.7 Å². The lowest BCUT2D eigenvalue weighted by molar-refractivity contribution is -0.147. The van der Waals surface area contributed by atoms with Crippen LogP contribution in [0.2, 0.25) is 0 Å². The molecule has 6 nitrogen and oxygen atoms in total. The quantitative estimate of drug-likeness (QED) is 0.744. The van der Waals surface area contributed by atoms with Gasteiger partial charge in [-0.05, 0) is 37.6 Å². The third-order valence-electron chi connectivity index (χ3n) is 2.74. The summed E-state index contributed by atoms with van der Waals surface area (Å²) in [7, 11) is -2.03. The van der Waals surface area contributed by atoms with Gasteiger partial charge in [-0.3, -0.25) is 4.72 Å². The number of carbonyl (C=O) groups excluding carboxylic acids is 1. The van der Waals surface area contributed by atoms with Crippen LogP contribution in [-0.4, -0.2) is 33.4 Å². The molecule has 1 aromatic carbocycles. The first-order chi connectivity index (χ1) is 9.88. The van der Waals surface area contributed by atoms with Crippen LogP contribution in [0.15, 0.2) is 24.3 Å². The summed E-state index contributed by atoms with van der Waals surface area (Å²) in [4.78, 5) is 11.2. The maximum Gasteiger partial charge on any atom is 0.346 e. The van der Waals surface area contributed by atoms with Crippen LogP contribution in [0.3, 0.4) is 0 Å². The molecular formula is C14H21NO5S. The maximum atomic E-state index is 11.7. The molecule has 1 aromatic rings. The number of benzene rings is 1. The highest BCUT2D eigenvalue weighted by molar-refractivity contribution is 7.92. The first-order valence-electron chi connectivity index (χ1n) is 6.73. The van der Waals surface area contributed by atoms with E-state index in [2.05, 4.69) is 9.46 Å². The van der Waals surface area contributed by atoms with Crippen molar-refractivity contribution < 1.29 is 22.7 Å². The van der Waals surface area contributed by atoms with Crippen LogP contribution < -0.4 is 9.46 Å². The maximum absolute atomic E-state index is 11.7. The lowest BCUT2D eigenvalue weighted by atomic mass is 10.3. The summed E-state index contributed by atoms with van der Waals surface area (Å²) in [6.07, 6.45) is 0.717. The van der Waals surface area contributed by atoms with Gasteiger partial charge in [0.2, 0.25) is 10.0 Å². The first kappa shape index (κ1) is 17.3. The summed E-state index contributed by atoms with van der Waals surface area (Å²) in [5, 5.41) is 0. The van der Waals surface area contributed by atoms with Gasteiger partial charge >= 0.3 is 5.97 Å². The van der Waals surface area contributed by atoms with E-state index in [9.17, 15) is 13.2 Å². The zero-order chi connectivity index (χ0) is 15.9. The van der Waals surface area contributed by atoms with E-state index in [-0.39, 0.29) is 5.75 Å². The molecule has 0 bridgehead atoms. The number of sulfonamides is 1. The Morgan fingerprint density at radius 3 is 2.43 bits per heavy atom. The van der Waals surface area contributed by atoms with Crippen molar-refractivity contribution in [2.45, 2.75) is 32.8 Å². The molecule has 1 atom stereocenters. The normalized spacial score (nSPS) is 12.5. The van der Waals surface area contributed by atoms with E-state index in [1.165, 1.54) is 7.11 Å². The zero-order valence-corrected chi connectivity index (χ0v) is 13.3. The Morgan fingerprint density at radius 2 is 1.90 bits per heavy atom. The minimum atomic E-state index is -3.32. The van der Waals surface area contributed by atoms with Crippen LogP contribution in [0, 0.1) is 0 Å². The number of methoxy groups -OCH3 is 1. The Hall–Kier alpha value is -1.76. The lowest BCUT2D eigenvalue weighted by Gasteiger charge is -2.13. The van der Waals surface area contributed by atoms with Crippen molar-refractivity contribution in [1.29, 1.82) is 0 Å². The van der Waals surface area contributed by atoms with E-state index in [0.717, 1.165) is 6.42 Å². The van der Waals surface area contributed by atoms with E-state index < -0.39 is 22.1 Å². The monoisotopic (exact) mass is 315 g/mol. The molecule has 0 amide bonds. The van der Waals surface area contributed by atoms with Crippen molar-refractivity contribution in [3.8, 4) is 5.75 Å². The molecule has 0 spiro atoms. The fraction of sp³-hybridized carbons (Fsp3) is 0.500. The zero-order valence-electron chi connectivity index (χ0n) is 12.5. The fourth-order valence-electron chi connectivity index (χ4n) is 1.58. The summed E-state index contributed by atoms with van der Waals surface area (Å²) in [5.41, 5.74) is 0.462. The molecule has 0 aliphatic rings. The molecule has 0 aliphatic carbocycles. The number of hydrogen-bond donors (Lipinski definition) is 1. The predicted molar refractivity (Wildman–Crippen MR) is 80.9 cm³/mol. The molecule has 0 saturated carbocycles. The van der Waals surface area contributed by atoms with Gasteiger partial charge in [0.25, 0.3) is 0 Å². The minimum absolute atomic E-state index is 0.0983. The second-order valence-corrected chi connectivity index (χ2v) is 6.42. The number of ether oxygens (including phenoxy) is 2. The number of hydrogen-bond acceptors (Lipinski definition) is 5. The van der Waals surface area contributed by atoms with E-state index in [1.807, 2.05) is 6.92 Å². The molecule has 0 heterocycles. The SMILES string of the molecule is CCCCS(=O)(=O)Nc1ccc(OC(C)C(=O)OC)cc1. The number of carbonyl (C=O) groups is 1. The van der Waals surface area contributed by atoms with Gasteiger partial charge in [-0.25, -0.2) is 13.2 Å². The number of unbranched alkanes of at least 4 members (excludes halogenated alkanes) is 1. The van der Waals surface area contributed by atoms with E-state index >= 15 is 0 Å². The summed E-state index contributed by atoms with van der Waals surface area (Å²) in [6, 6.07) is 6.36. The highest BCUT2D eigenvalue weighted by Gasteiger charge is 2.15. The van der Waals surface area contributed by atoms with Gasteiger partial charge < -0.3 is 9.47 Å². The van der Waals surface area contributed by atoms with Gasteiger partial charge in [0.15, 0.2) is 6.10 Å². The molecule has 0 saturated heterocycles. The minimum Gasteiger partial charge on any atom is -0.479 e. The summed E-state index contributed by atoms with van der Waals surface area (Å²) >= 11 is 0. The molecule has 7 heteroatoms. The molecule has 0 aliphatic heterocycles. The van der Waals surface area contributed by atoms with Gasteiger partial charge in [0, 0.05) is 5.69 Å². The molecular weight excluding hydrogens is 294 g/mol. The Labute approximate surface area is 125 Å². The van der Waals surface area contributed by atoms with Crippen molar-refractivity contribution in [1.82, 2.24) is 0 Å². The molecule has 1 rings (SSSR count). The van der Waals surface area contributed by atoms with Crippen LogP contribution in [0.25, 0.3) is 0 Å². The van der Waals surface area contributed by atoms with Crippen molar-refractivity contribution in [3.63, 3.8) is 0 Å². The van der Waals surface area contributed by atoms with E-state index in [4.69, 9.17) is 4.74 Å². The van der Waals surface area contributed by atoms with Gasteiger partial charge in [-0.1, -0.05) is 13.3 Å². The van der Waals surface area contributed by atoms with E-state index in [0.29, 0.717) is 17.9 Å². The third kappa shape index (κ3) is 6.03. The van der Waals surface area contributed by atoms with Crippen LogP contribution in [-0.2, 0) is 19.6 Å². The smallest absolute Gasteiger partial charge is 0.346 e. The van der Waals surface area contributed by atoms with Crippen LogP contribution in [0.4, 0.5) is 5.69 Å². The third-order valence-corrected chi connectivity index (χ3v) is 4.11. The van der Waals surface area contributed by atoms with Crippen LogP contribution in [0.1, 0.15) is 26.7 Å². The molecule has 21 heavy (non-hydrogen) atoms. The lowest BCUT2D eigenvalue weighted by Crippen LogP contribution is -2.24. The largest absolute Gasteiger partial charge is 0.479 e. The Balaban J connectivity index is 2.64. The Kier molecular flexibility index (Phi) is 6.48. The standard InChI is InChI=1S/C14H21NO5S/c1-4-5-10-21(17,18)15-12-6-8-13(9-7-12)20-11(2)14(16)19-3/h6-9,11,15H,4-5,10H2,1-3H3. The van der Waals surface area contributed by atoms with Crippen molar-refractivity contribution in [2.24, 2.45) is 0 Å². The average molecular weight is 315 g/mol. The number of rotatable bonds is 8. The molecule has 0 radical (unpaired) electrons. The molecule has 118 valence electrons. The highest BCUT2D eigenvalue weighted by atomic mass is 32.2. The molecule has 0 aromatic heterocycles. The average Bonchev–Trinajstić information content (AvgIpc) is 2.46. The second-order valence-electron chi connectivity index (χ2n) is 4.58. The van der Waals surface area contributed by atoms with Crippen LogP contribution >= 0.6 is 0 Å². The summed E-state index contributed by atoms with van der Waals surface area (Å²) in [5.74, 6) is 0.0879. The summed E-state index contributed by atoms with van der Waals surface area (Å²) < 4.78 is 35.9. The van der Waals surface area contributed by atoms with Gasteiger partial charge in [-0.2, -0.15) is 0 Å². The van der Waals surface area contributed by atoms with Crippen molar-refractivity contribution in [2.75, 3.05) is 17.6 Å². The Morgan fingerprint density at radius 1 is 1.29 bits per heavy atom. The molecule has 0 fully saturated rings. The predicted octanol–water partition coefficient (Wildman–Crippen LogP) is 2.17. The number of nitrogens with one attached hydrogen (secondary N) is 1. The first-order valence-corrected chi connectivity index (χ1v) is 8.38. The molecule has 1 N–H and O–H groups in total. The summed E-state index contributed by atoms with van der Waals surface area (Å²) in [6.45, 7) is 3.51. The van der Waals surface area contributed by atoms with Crippen molar-refractivity contribution in [3.05, 3.63) is 24.3 Å². The second kappa shape index (κ2) is 7.87. The van der Waals surface area contributed by atoms with Crippen molar-refractivity contribution >= 4 is 21.7 Å². The van der Waals surface area contributed by atoms with Gasteiger partial charge in [-0.15, -0.1) is 0 Å². The fourth-order valence-corrected chi connectivity index (χ4v) is 2.85. The highest BCUT2D eigenvalue weighted by Crippen LogP contribution is 2.18. The Bertz CT molecular complexity index is 553. The van der Waals surface area contributed by atoms with Crippen LogP contribution in [0.5, 0.6) is 5.75 Å². The van der Waals surface area contributed by atoms with E-state index in [1.54, 1.807) is 31.2 Å². The number of esters is 1. The number of anilines is 1. The van der Waals surface area contributed by atoms with Gasteiger partial charge in [0.1, 0.15) is 5.75 Å². The van der Waals surface area contributed by atoms with Gasteiger partial charge in [0.05, 0.1) is 12.9 Å².